The molecule has 0 aliphatic rings. The predicted octanol–water partition coefficient (Wildman–Crippen LogP) is 1.96. The lowest BCUT2D eigenvalue weighted by Gasteiger charge is -2.17. The number of hydrogen-bond acceptors (Lipinski definition) is 4. The van der Waals surface area contributed by atoms with Gasteiger partial charge in [-0.2, -0.15) is 0 Å². The van der Waals surface area contributed by atoms with Crippen LogP contribution in [-0.4, -0.2) is 30.3 Å². The molecule has 1 aromatic carbocycles. The van der Waals surface area contributed by atoms with Crippen molar-refractivity contribution in [3.8, 4) is 0 Å². The SMILES string of the molecule is CCOC(=O)CC(O)CNC(C)c1ccc(C)cc1. The summed E-state index contributed by atoms with van der Waals surface area (Å²) in [6.07, 6.45) is -0.687. The van der Waals surface area contributed by atoms with E-state index < -0.39 is 6.10 Å². The summed E-state index contributed by atoms with van der Waals surface area (Å²) in [7, 11) is 0. The van der Waals surface area contributed by atoms with Crippen LogP contribution in [0.15, 0.2) is 24.3 Å². The van der Waals surface area contributed by atoms with Crippen LogP contribution in [0.4, 0.5) is 0 Å². The van der Waals surface area contributed by atoms with Crippen LogP contribution in [0.25, 0.3) is 0 Å². The monoisotopic (exact) mass is 265 g/mol. The Kier molecular flexibility index (Phi) is 6.53. The minimum Gasteiger partial charge on any atom is -0.466 e. The molecule has 19 heavy (non-hydrogen) atoms. The number of aliphatic hydroxyl groups is 1. The lowest BCUT2D eigenvalue weighted by Crippen LogP contribution is -2.31. The largest absolute Gasteiger partial charge is 0.466 e. The van der Waals surface area contributed by atoms with Gasteiger partial charge in [0.05, 0.1) is 19.1 Å². The highest BCUT2D eigenvalue weighted by Crippen LogP contribution is 2.13. The molecule has 0 saturated heterocycles. The maximum atomic E-state index is 11.2. The first-order chi connectivity index (χ1) is 9.02. The molecule has 1 rings (SSSR count). The predicted molar refractivity (Wildman–Crippen MR) is 74.9 cm³/mol. The molecule has 4 heteroatoms. The minimum atomic E-state index is -0.716. The van der Waals surface area contributed by atoms with Crippen molar-refractivity contribution < 1.29 is 14.6 Å². The van der Waals surface area contributed by atoms with E-state index in [1.165, 1.54) is 5.56 Å². The van der Waals surface area contributed by atoms with Gasteiger partial charge in [0, 0.05) is 12.6 Å². The van der Waals surface area contributed by atoms with E-state index in [2.05, 4.69) is 29.6 Å². The van der Waals surface area contributed by atoms with Crippen molar-refractivity contribution in [2.75, 3.05) is 13.2 Å². The minimum absolute atomic E-state index is 0.0292. The van der Waals surface area contributed by atoms with Gasteiger partial charge in [0.25, 0.3) is 0 Å². The Hall–Kier alpha value is -1.39. The van der Waals surface area contributed by atoms with Gasteiger partial charge in [0.15, 0.2) is 0 Å². The van der Waals surface area contributed by atoms with E-state index in [0.29, 0.717) is 13.2 Å². The average molecular weight is 265 g/mol. The van der Waals surface area contributed by atoms with Crippen LogP contribution in [-0.2, 0) is 9.53 Å². The summed E-state index contributed by atoms with van der Waals surface area (Å²) >= 11 is 0. The number of ether oxygens (including phenoxy) is 1. The fraction of sp³-hybridized carbons (Fsp3) is 0.533. The second-order valence-electron chi connectivity index (χ2n) is 4.70. The van der Waals surface area contributed by atoms with Crippen LogP contribution in [0, 0.1) is 6.92 Å². The number of hydrogen-bond donors (Lipinski definition) is 2. The molecule has 0 spiro atoms. The third kappa shape index (κ3) is 5.85. The van der Waals surface area contributed by atoms with Gasteiger partial charge in [0.2, 0.25) is 0 Å². The van der Waals surface area contributed by atoms with E-state index in [9.17, 15) is 9.90 Å². The summed E-state index contributed by atoms with van der Waals surface area (Å²) in [5.41, 5.74) is 2.38. The molecule has 106 valence electrons. The molecule has 0 saturated carbocycles. The summed E-state index contributed by atoms with van der Waals surface area (Å²) in [6.45, 7) is 6.54. The zero-order valence-corrected chi connectivity index (χ0v) is 11.8. The first-order valence-corrected chi connectivity index (χ1v) is 6.66. The highest BCUT2D eigenvalue weighted by molar-refractivity contribution is 5.69. The number of benzene rings is 1. The van der Waals surface area contributed by atoms with Gasteiger partial charge in [-0.1, -0.05) is 29.8 Å². The Balaban J connectivity index is 2.35. The third-order valence-electron chi connectivity index (χ3n) is 2.94. The molecule has 0 radical (unpaired) electrons. The molecule has 0 amide bonds. The summed E-state index contributed by atoms with van der Waals surface area (Å²) in [6, 6.07) is 8.37. The summed E-state index contributed by atoms with van der Waals surface area (Å²) in [4.78, 5) is 11.2. The van der Waals surface area contributed by atoms with E-state index in [-0.39, 0.29) is 18.4 Å². The lowest BCUT2D eigenvalue weighted by molar-refractivity contribution is -0.145. The smallest absolute Gasteiger partial charge is 0.308 e. The number of aliphatic hydroxyl groups excluding tert-OH is 1. The third-order valence-corrected chi connectivity index (χ3v) is 2.94. The highest BCUT2D eigenvalue weighted by Gasteiger charge is 2.13. The standard InChI is InChI=1S/C15H23NO3/c1-4-19-15(18)9-14(17)10-16-12(3)13-7-5-11(2)6-8-13/h5-8,12,14,16-17H,4,9-10H2,1-3H3. The Bertz CT molecular complexity index is 389. The van der Waals surface area contributed by atoms with Crippen molar-refractivity contribution >= 4 is 5.97 Å². The van der Waals surface area contributed by atoms with Crippen molar-refractivity contribution in [3.05, 3.63) is 35.4 Å². The molecule has 4 nitrogen and oxygen atoms in total. The van der Waals surface area contributed by atoms with Gasteiger partial charge in [-0.15, -0.1) is 0 Å². The van der Waals surface area contributed by atoms with Gasteiger partial charge < -0.3 is 15.2 Å². The normalized spacial score (nSPS) is 13.9. The maximum Gasteiger partial charge on any atom is 0.308 e. The number of aryl methyl sites for hydroxylation is 1. The van der Waals surface area contributed by atoms with E-state index in [1.54, 1.807) is 6.92 Å². The number of esters is 1. The molecule has 0 aromatic heterocycles. The summed E-state index contributed by atoms with van der Waals surface area (Å²) < 4.78 is 4.79. The molecule has 2 N–H and O–H groups in total. The Morgan fingerprint density at radius 1 is 1.37 bits per heavy atom. The van der Waals surface area contributed by atoms with E-state index in [1.807, 2.05) is 13.8 Å². The van der Waals surface area contributed by atoms with Crippen molar-refractivity contribution in [1.29, 1.82) is 0 Å². The first-order valence-electron chi connectivity index (χ1n) is 6.66. The van der Waals surface area contributed by atoms with E-state index in [0.717, 1.165) is 5.56 Å². The summed E-state index contributed by atoms with van der Waals surface area (Å²) in [5.74, 6) is -0.361. The Labute approximate surface area is 114 Å². The van der Waals surface area contributed by atoms with Crippen LogP contribution >= 0.6 is 0 Å². The number of nitrogens with one attached hydrogen (secondary N) is 1. The van der Waals surface area contributed by atoms with Crippen molar-refractivity contribution in [1.82, 2.24) is 5.32 Å². The quantitative estimate of drug-likeness (QED) is 0.740. The fourth-order valence-corrected chi connectivity index (χ4v) is 1.77. The summed E-state index contributed by atoms with van der Waals surface area (Å²) in [5, 5.41) is 12.9. The van der Waals surface area contributed by atoms with Crippen molar-refractivity contribution in [2.45, 2.75) is 39.3 Å². The van der Waals surface area contributed by atoms with Crippen LogP contribution in [0.1, 0.15) is 37.4 Å². The van der Waals surface area contributed by atoms with Gasteiger partial charge in [0.1, 0.15) is 0 Å². The van der Waals surface area contributed by atoms with Crippen molar-refractivity contribution in [2.24, 2.45) is 0 Å². The van der Waals surface area contributed by atoms with Crippen LogP contribution in [0.2, 0.25) is 0 Å². The van der Waals surface area contributed by atoms with Crippen LogP contribution < -0.4 is 5.32 Å². The molecule has 0 heterocycles. The molecule has 0 aliphatic heterocycles. The Morgan fingerprint density at radius 2 is 2.00 bits per heavy atom. The zero-order valence-electron chi connectivity index (χ0n) is 11.8. The number of carbonyl (C=O) groups excluding carboxylic acids is 1. The van der Waals surface area contributed by atoms with Gasteiger partial charge in [-0.25, -0.2) is 0 Å². The molecule has 0 aliphatic carbocycles. The van der Waals surface area contributed by atoms with Crippen molar-refractivity contribution in [3.63, 3.8) is 0 Å². The second kappa shape index (κ2) is 7.92. The molecule has 2 atom stereocenters. The molecule has 1 aromatic rings. The van der Waals surface area contributed by atoms with Gasteiger partial charge in [-0.3, -0.25) is 4.79 Å². The van der Waals surface area contributed by atoms with Gasteiger partial charge >= 0.3 is 5.97 Å². The van der Waals surface area contributed by atoms with Gasteiger partial charge in [-0.05, 0) is 26.3 Å². The lowest BCUT2D eigenvalue weighted by atomic mass is 10.1. The highest BCUT2D eigenvalue weighted by atomic mass is 16.5. The molecular formula is C15H23NO3. The van der Waals surface area contributed by atoms with Crippen LogP contribution in [0.3, 0.4) is 0 Å². The fourth-order valence-electron chi connectivity index (χ4n) is 1.77. The molecule has 0 bridgehead atoms. The Morgan fingerprint density at radius 3 is 2.58 bits per heavy atom. The second-order valence-corrected chi connectivity index (χ2v) is 4.70. The average Bonchev–Trinajstić information content (AvgIpc) is 2.37. The topological polar surface area (TPSA) is 58.6 Å². The molecule has 2 unspecified atom stereocenters. The first kappa shape index (κ1) is 15.7. The number of carbonyl (C=O) groups is 1. The maximum absolute atomic E-state index is 11.2. The van der Waals surface area contributed by atoms with E-state index >= 15 is 0 Å². The molecule has 0 fully saturated rings. The van der Waals surface area contributed by atoms with Crippen LogP contribution in [0.5, 0.6) is 0 Å². The zero-order chi connectivity index (χ0) is 14.3. The number of rotatable bonds is 7. The molecular weight excluding hydrogens is 242 g/mol. The van der Waals surface area contributed by atoms with E-state index in [4.69, 9.17) is 4.74 Å².